The summed E-state index contributed by atoms with van der Waals surface area (Å²) in [6.07, 6.45) is 0.510. The molecule has 2 rings (SSSR count). The van der Waals surface area contributed by atoms with Crippen molar-refractivity contribution >= 4 is 28.8 Å². The Hall–Kier alpha value is -2.83. The van der Waals surface area contributed by atoms with Gasteiger partial charge in [0.25, 0.3) is 5.91 Å². The molecular formula is C13H11NO6. The molecule has 3 N–H and O–H groups in total. The minimum Gasteiger partial charge on any atom is -0.481 e. The number of nitrogens with one attached hydrogen (secondary N) is 1. The number of rotatable bonds is 5. The molecule has 20 heavy (non-hydrogen) atoms. The molecule has 1 amide bonds. The Morgan fingerprint density at radius 2 is 1.90 bits per heavy atom. The summed E-state index contributed by atoms with van der Waals surface area (Å²) in [6, 6.07) is 5.27. The number of hydrogen-bond donors (Lipinski definition) is 3. The average Bonchev–Trinajstić information content (AvgIpc) is 2.81. The van der Waals surface area contributed by atoms with Crippen LogP contribution in [0.4, 0.5) is 0 Å². The smallest absolute Gasteiger partial charge is 0.326 e. The van der Waals surface area contributed by atoms with E-state index in [1.54, 1.807) is 24.3 Å². The van der Waals surface area contributed by atoms with E-state index in [0.717, 1.165) is 0 Å². The van der Waals surface area contributed by atoms with E-state index in [9.17, 15) is 14.4 Å². The molecule has 2 aromatic rings. The molecule has 0 aliphatic heterocycles. The first-order valence-electron chi connectivity index (χ1n) is 5.70. The van der Waals surface area contributed by atoms with Crippen LogP contribution in [0.5, 0.6) is 0 Å². The van der Waals surface area contributed by atoms with Gasteiger partial charge in [-0.15, -0.1) is 0 Å². The van der Waals surface area contributed by atoms with Crippen LogP contribution in [-0.2, 0) is 9.59 Å². The van der Waals surface area contributed by atoms with Gasteiger partial charge >= 0.3 is 11.9 Å². The van der Waals surface area contributed by atoms with Crippen LogP contribution in [0.15, 0.2) is 34.9 Å². The van der Waals surface area contributed by atoms with Crippen LogP contribution in [0.25, 0.3) is 11.0 Å². The molecule has 104 valence electrons. The Labute approximate surface area is 112 Å². The second-order valence-electron chi connectivity index (χ2n) is 4.11. The van der Waals surface area contributed by atoms with Crippen molar-refractivity contribution in [1.82, 2.24) is 5.32 Å². The Balaban J connectivity index is 2.22. The quantitative estimate of drug-likeness (QED) is 0.753. The van der Waals surface area contributed by atoms with Crippen LogP contribution < -0.4 is 5.32 Å². The minimum atomic E-state index is -1.49. The van der Waals surface area contributed by atoms with Crippen molar-refractivity contribution in [3.8, 4) is 0 Å². The summed E-state index contributed by atoms with van der Waals surface area (Å²) < 4.78 is 5.17. The Morgan fingerprint density at radius 1 is 1.20 bits per heavy atom. The summed E-state index contributed by atoms with van der Waals surface area (Å²) in [4.78, 5) is 33.5. The van der Waals surface area contributed by atoms with Gasteiger partial charge in [0.15, 0.2) is 0 Å². The van der Waals surface area contributed by atoms with Gasteiger partial charge in [0.1, 0.15) is 17.9 Å². The van der Waals surface area contributed by atoms with Crippen LogP contribution in [-0.4, -0.2) is 34.1 Å². The molecule has 1 unspecified atom stereocenters. The van der Waals surface area contributed by atoms with Crippen LogP contribution in [0.2, 0.25) is 0 Å². The number of hydrogen-bond acceptors (Lipinski definition) is 4. The molecule has 0 saturated carbocycles. The number of carboxylic acid groups (broad SMARTS) is 2. The lowest BCUT2D eigenvalue weighted by molar-refractivity contribution is -0.145. The lowest BCUT2D eigenvalue weighted by Gasteiger charge is -2.11. The van der Waals surface area contributed by atoms with Gasteiger partial charge in [-0.25, -0.2) is 4.79 Å². The van der Waals surface area contributed by atoms with Gasteiger partial charge in [0.2, 0.25) is 0 Å². The van der Waals surface area contributed by atoms with Gasteiger partial charge in [0, 0.05) is 5.39 Å². The van der Waals surface area contributed by atoms with Gasteiger partial charge < -0.3 is 19.9 Å². The highest BCUT2D eigenvalue weighted by Gasteiger charge is 2.25. The molecule has 1 aromatic carbocycles. The van der Waals surface area contributed by atoms with Crippen molar-refractivity contribution in [2.24, 2.45) is 0 Å². The SMILES string of the molecule is O=C(O)CC(NC(=O)c1coc2ccccc12)C(=O)O. The topological polar surface area (TPSA) is 117 Å². The number of carbonyl (C=O) groups is 3. The third kappa shape index (κ3) is 2.77. The maximum Gasteiger partial charge on any atom is 0.326 e. The predicted molar refractivity (Wildman–Crippen MR) is 67.4 cm³/mol. The van der Waals surface area contributed by atoms with Crippen molar-refractivity contribution in [1.29, 1.82) is 0 Å². The molecule has 0 aliphatic carbocycles. The van der Waals surface area contributed by atoms with Gasteiger partial charge in [-0.2, -0.15) is 0 Å². The van der Waals surface area contributed by atoms with Gasteiger partial charge in [-0.3, -0.25) is 9.59 Å². The molecule has 0 saturated heterocycles. The highest BCUT2D eigenvalue weighted by molar-refractivity contribution is 6.07. The highest BCUT2D eigenvalue weighted by atomic mass is 16.4. The molecule has 1 aromatic heterocycles. The van der Waals surface area contributed by atoms with E-state index in [0.29, 0.717) is 11.0 Å². The summed E-state index contributed by atoms with van der Waals surface area (Å²) in [6.45, 7) is 0. The molecule has 1 heterocycles. The zero-order valence-electron chi connectivity index (χ0n) is 10.2. The average molecular weight is 277 g/mol. The molecule has 7 heteroatoms. The third-order valence-corrected chi connectivity index (χ3v) is 2.71. The molecule has 0 bridgehead atoms. The Bertz CT molecular complexity index is 674. The minimum absolute atomic E-state index is 0.164. The lowest BCUT2D eigenvalue weighted by Crippen LogP contribution is -2.42. The Kier molecular flexibility index (Phi) is 3.69. The number of benzene rings is 1. The maximum absolute atomic E-state index is 12.0. The number of carbonyl (C=O) groups excluding carboxylic acids is 1. The molecular weight excluding hydrogens is 266 g/mol. The molecule has 0 aliphatic rings. The number of furan rings is 1. The van der Waals surface area contributed by atoms with Crippen molar-refractivity contribution in [3.63, 3.8) is 0 Å². The zero-order valence-corrected chi connectivity index (χ0v) is 10.2. The second-order valence-corrected chi connectivity index (χ2v) is 4.11. The summed E-state index contributed by atoms with van der Waals surface area (Å²) in [7, 11) is 0. The summed E-state index contributed by atoms with van der Waals surface area (Å²) >= 11 is 0. The van der Waals surface area contributed by atoms with Gasteiger partial charge in [-0.1, -0.05) is 18.2 Å². The normalized spacial score (nSPS) is 12.0. The fourth-order valence-corrected chi connectivity index (χ4v) is 1.76. The van der Waals surface area contributed by atoms with E-state index in [2.05, 4.69) is 5.32 Å². The largest absolute Gasteiger partial charge is 0.481 e. The molecule has 7 nitrogen and oxygen atoms in total. The van der Waals surface area contributed by atoms with Crippen molar-refractivity contribution in [2.75, 3.05) is 0 Å². The number of amides is 1. The van der Waals surface area contributed by atoms with E-state index in [4.69, 9.17) is 14.6 Å². The zero-order chi connectivity index (χ0) is 14.7. The van der Waals surface area contributed by atoms with Crippen molar-refractivity contribution in [2.45, 2.75) is 12.5 Å². The first kappa shape index (κ1) is 13.6. The molecule has 0 radical (unpaired) electrons. The lowest BCUT2D eigenvalue weighted by atomic mass is 10.1. The van der Waals surface area contributed by atoms with Crippen molar-refractivity contribution in [3.05, 3.63) is 36.1 Å². The van der Waals surface area contributed by atoms with Crippen LogP contribution in [0.3, 0.4) is 0 Å². The standard InChI is InChI=1S/C13H11NO6/c15-11(16)5-9(13(18)19)14-12(17)8-6-20-10-4-2-1-3-7(8)10/h1-4,6,9H,5H2,(H,14,17)(H,15,16)(H,18,19). The second kappa shape index (κ2) is 5.43. The van der Waals surface area contributed by atoms with E-state index < -0.39 is 30.3 Å². The first-order chi connectivity index (χ1) is 9.49. The first-order valence-corrected chi connectivity index (χ1v) is 5.70. The van der Waals surface area contributed by atoms with Crippen LogP contribution in [0.1, 0.15) is 16.8 Å². The number of fused-ring (bicyclic) bond motifs is 1. The number of carboxylic acids is 2. The highest BCUT2D eigenvalue weighted by Crippen LogP contribution is 2.20. The number of aliphatic carboxylic acids is 2. The van der Waals surface area contributed by atoms with Crippen molar-refractivity contribution < 1.29 is 29.0 Å². The van der Waals surface area contributed by atoms with E-state index in [-0.39, 0.29) is 5.56 Å². The summed E-state index contributed by atoms with van der Waals surface area (Å²) in [5.74, 6) is -3.41. The van der Waals surface area contributed by atoms with E-state index in [1.165, 1.54) is 6.26 Å². The van der Waals surface area contributed by atoms with Gasteiger partial charge in [-0.05, 0) is 6.07 Å². The molecule has 0 spiro atoms. The fourth-order valence-electron chi connectivity index (χ4n) is 1.76. The van der Waals surface area contributed by atoms with Gasteiger partial charge in [0.05, 0.1) is 12.0 Å². The van der Waals surface area contributed by atoms with E-state index in [1.807, 2.05) is 0 Å². The Morgan fingerprint density at radius 3 is 2.55 bits per heavy atom. The molecule has 1 atom stereocenters. The van der Waals surface area contributed by atoms with Crippen LogP contribution in [0, 0.1) is 0 Å². The van der Waals surface area contributed by atoms with E-state index >= 15 is 0 Å². The number of para-hydroxylation sites is 1. The fraction of sp³-hybridized carbons (Fsp3) is 0.154. The molecule has 0 fully saturated rings. The maximum atomic E-state index is 12.0. The summed E-state index contributed by atoms with van der Waals surface area (Å²) in [5.41, 5.74) is 0.653. The predicted octanol–water partition coefficient (Wildman–Crippen LogP) is 1.09. The van der Waals surface area contributed by atoms with Crippen LogP contribution >= 0.6 is 0 Å². The monoisotopic (exact) mass is 277 g/mol. The third-order valence-electron chi connectivity index (χ3n) is 2.71. The summed E-state index contributed by atoms with van der Waals surface area (Å²) in [5, 5.41) is 20.2.